The molecule has 9 heavy (non-hydrogen) atoms. The van der Waals surface area contributed by atoms with Crippen molar-refractivity contribution >= 4 is 5.97 Å². The van der Waals surface area contributed by atoms with Gasteiger partial charge in [-0.3, -0.25) is 0 Å². The fourth-order valence-corrected chi connectivity index (χ4v) is 0.922. The standard InChI is InChI=1S/C6H10O3/c1-3-4-6(2,9-4)5(7)8/h4H,3H2,1-2H3,(H,7,8)/t4-,6+/m0/s1. The lowest BCUT2D eigenvalue weighted by Crippen LogP contribution is -2.22. The Bertz CT molecular complexity index is 143. The molecule has 0 radical (unpaired) electrons. The van der Waals surface area contributed by atoms with Gasteiger partial charge in [-0.15, -0.1) is 0 Å². The number of carboxylic acid groups (broad SMARTS) is 1. The quantitative estimate of drug-likeness (QED) is 0.558. The minimum Gasteiger partial charge on any atom is -0.479 e. The first kappa shape index (κ1) is 6.55. The van der Waals surface area contributed by atoms with Crippen LogP contribution < -0.4 is 0 Å². The van der Waals surface area contributed by atoms with Crippen molar-refractivity contribution in [3.8, 4) is 0 Å². The lowest BCUT2D eigenvalue weighted by atomic mass is 10.1. The van der Waals surface area contributed by atoms with Gasteiger partial charge in [-0.1, -0.05) is 6.92 Å². The average molecular weight is 130 g/mol. The first-order valence-corrected chi connectivity index (χ1v) is 3.02. The van der Waals surface area contributed by atoms with Gasteiger partial charge in [-0.05, 0) is 13.3 Å². The van der Waals surface area contributed by atoms with Gasteiger partial charge in [-0.2, -0.15) is 0 Å². The Kier molecular flexibility index (Phi) is 1.24. The molecule has 0 unspecified atom stereocenters. The van der Waals surface area contributed by atoms with E-state index in [0.717, 1.165) is 6.42 Å². The van der Waals surface area contributed by atoms with Gasteiger partial charge in [0, 0.05) is 0 Å². The van der Waals surface area contributed by atoms with Crippen molar-refractivity contribution in [2.24, 2.45) is 0 Å². The zero-order chi connectivity index (χ0) is 7.07. The van der Waals surface area contributed by atoms with E-state index >= 15 is 0 Å². The number of hydrogen-bond acceptors (Lipinski definition) is 2. The summed E-state index contributed by atoms with van der Waals surface area (Å²) < 4.78 is 4.92. The molecule has 1 N–H and O–H groups in total. The van der Waals surface area contributed by atoms with Gasteiger partial charge >= 0.3 is 5.97 Å². The van der Waals surface area contributed by atoms with Crippen LogP contribution in [0.4, 0.5) is 0 Å². The highest BCUT2D eigenvalue weighted by atomic mass is 16.6. The van der Waals surface area contributed by atoms with Crippen LogP contribution in [0.5, 0.6) is 0 Å². The number of carbonyl (C=O) groups is 1. The summed E-state index contributed by atoms with van der Waals surface area (Å²) in [7, 11) is 0. The van der Waals surface area contributed by atoms with Gasteiger partial charge in [0.05, 0.1) is 6.10 Å². The molecule has 1 saturated heterocycles. The zero-order valence-corrected chi connectivity index (χ0v) is 5.55. The third-order valence-corrected chi connectivity index (χ3v) is 1.74. The van der Waals surface area contributed by atoms with Crippen molar-refractivity contribution in [2.75, 3.05) is 0 Å². The van der Waals surface area contributed by atoms with Gasteiger partial charge in [0.15, 0.2) is 5.60 Å². The fraction of sp³-hybridized carbons (Fsp3) is 0.833. The van der Waals surface area contributed by atoms with E-state index < -0.39 is 11.6 Å². The maximum atomic E-state index is 10.3. The molecular formula is C6H10O3. The molecular weight excluding hydrogens is 120 g/mol. The van der Waals surface area contributed by atoms with E-state index in [9.17, 15) is 4.79 Å². The molecule has 2 atom stereocenters. The summed E-state index contributed by atoms with van der Waals surface area (Å²) in [4.78, 5) is 10.3. The molecule has 0 saturated carbocycles. The minimum atomic E-state index is -0.866. The summed E-state index contributed by atoms with van der Waals surface area (Å²) in [5.74, 6) is -0.852. The largest absolute Gasteiger partial charge is 0.479 e. The molecule has 1 aliphatic heterocycles. The lowest BCUT2D eigenvalue weighted by Gasteiger charge is -1.94. The Labute approximate surface area is 53.6 Å². The van der Waals surface area contributed by atoms with Gasteiger partial charge in [0.2, 0.25) is 0 Å². The molecule has 1 fully saturated rings. The molecule has 52 valence electrons. The van der Waals surface area contributed by atoms with Crippen molar-refractivity contribution < 1.29 is 14.6 Å². The first-order valence-electron chi connectivity index (χ1n) is 3.02. The summed E-state index contributed by atoms with van der Waals surface area (Å²) in [6.45, 7) is 3.52. The van der Waals surface area contributed by atoms with E-state index in [4.69, 9.17) is 9.84 Å². The summed E-state index contributed by atoms with van der Waals surface area (Å²) in [5, 5.41) is 8.49. The van der Waals surface area contributed by atoms with Crippen molar-refractivity contribution in [1.82, 2.24) is 0 Å². The highest BCUT2D eigenvalue weighted by Crippen LogP contribution is 2.38. The number of aliphatic carboxylic acids is 1. The second kappa shape index (κ2) is 1.70. The van der Waals surface area contributed by atoms with Crippen LogP contribution in [0.15, 0.2) is 0 Å². The molecule has 0 spiro atoms. The topological polar surface area (TPSA) is 49.8 Å². The van der Waals surface area contributed by atoms with Crippen LogP contribution in [0.1, 0.15) is 20.3 Å². The van der Waals surface area contributed by atoms with Crippen LogP contribution in [-0.2, 0) is 9.53 Å². The first-order chi connectivity index (χ1) is 4.11. The Morgan fingerprint density at radius 1 is 1.89 bits per heavy atom. The lowest BCUT2D eigenvalue weighted by molar-refractivity contribution is -0.142. The van der Waals surface area contributed by atoms with E-state index in [0.29, 0.717) is 0 Å². The molecule has 3 nitrogen and oxygen atoms in total. The Balaban J connectivity index is 2.52. The summed E-state index contributed by atoms with van der Waals surface area (Å²) in [6, 6.07) is 0. The van der Waals surface area contributed by atoms with Gasteiger partial charge in [0.25, 0.3) is 0 Å². The summed E-state index contributed by atoms with van der Waals surface area (Å²) >= 11 is 0. The number of epoxide rings is 1. The smallest absolute Gasteiger partial charge is 0.338 e. The second-order valence-corrected chi connectivity index (χ2v) is 2.43. The minimum absolute atomic E-state index is 0.0602. The van der Waals surface area contributed by atoms with Crippen molar-refractivity contribution in [3.63, 3.8) is 0 Å². The van der Waals surface area contributed by atoms with E-state index in [2.05, 4.69) is 0 Å². The highest BCUT2D eigenvalue weighted by Gasteiger charge is 2.57. The van der Waals surface area contributed by atoms with E-state index in [1.807, 2.05) is 6.92 Å². The zero-order valence-electron chi connectivity index (χ0n) is 5.55. The van der Waals surface area contributed by atoms with Gasteiger partial charge in [-0.25, -0.2) is 4.79 Å². The fourth-order valence-electron chi connectivity index (χ4n) is 0.922. The van der Waals surface area contributed by atoms with E-state index in [1.54, 1.807) is 6.92 Å². The molecule has 1 aliphatic rings. The molecule has 3 heteroatoms. The monoisotopic (exact) mass is 130 g/mol. The molecule has 1 heterocycles. The maximum absolute atomic E-state index is 10.3. The van der Waals surface area contributed by atoms with E-state index in [1.165, 1.54) is 0 Å². The number of hydrogen-bond donors (Lipinski definition) is 1. The van der Waals surface area contributed by atoms with Gasteiger partial charge in [0.1, 0.15) is 0 Å². The SMILES string of the molecule is CC[C@@H]1O[C@@]1(C)C(=O)O. The molecule has 0 aliphatic carbocycles. The molecule has 0 aromatic carbocycles. The maximum Gasteiger partial charge on any atom is 0.338 e. The number of ether oxygens (including phenoxy) is 1. The molecule has 0 aromatic heterocycles. The van der Waals surface area contributed by atoms with Crippen LogP contribution in [0.3, 0.4) is 0 Å². The van der Waals surface area contributed by atoms with Crippen LogP contribution in [0.25, 0.3) is 0 Å². The highest BCUT2D eigenvalue weighted by molar-refractivity contribution is 5.80. The predicted octanol–water partition coefficient (Wildman–Crippen LogP) is 0.639. The molecule has 0 amide bonds. The number of carboxylic acids is 1. The van der Waals surface area contributed by atoms with Crippen molar-refractivity contribution in [1.29, 1.82) is 0 Å². The van der Waals surface area contributed by atoms with Crippen molar-refractivity contribution in [2.45, 2.75) is 32.0 Å². The average Bonchev–Trinajstić information content (AvgIpc) is 2.44. The third-order valence-electron chi connectivity index (χ3n) is 1.74. The van der Waals surface area contributed by atoms with E-state index in [-0.39, 0.29) is 6.10 Å². The Morgan fingerprint density at radius 2 is 2.44 bits per heavy atom. The number of rotatable bonds is 2. The van der Waals surface area contributed by atoms with Crippen LogP contribution in [-0.4, -0.2) is 22.8 Å². The Hall–Kier alpha value is -0.570. The second-order valence-electron chi connectivity index (χ2n) is 2.43. The molecule has 0 aromatic rings. The Morgan fingerprint density at radius 3 is 2.56 bits per heavy atom. The normalized spacial score (nSPS) is 40.4. The summed E-state index contributed by atoms with van der Waals surface area (Å²) in [5.41, 5.74) is -0.866. The van der Waals surface area contributed by atoms with Gasteiger partial charge < -0.3 is 9.84 Å². The van der Waals surface area contributed by atoms with Crippen molar-refractivity contribution in [3.05, 3.63) is 0 Å². The summed E-state index contributed by atoms with van der Waals surface area (Å²) in [6.07, 6.45) is 0.720. The predicted molar refractivity (Wildman–Crippen MR) is 31.2 cm³/mol. The van der Waals surface area contributed by atoms with Crippen LogP contribution in [0, 0.1) is 0 Å². The van der Waals surface area contributed by atoms with Crippen LogP contribution >= 0.6 is 0 Å². The van der Waals surface area contributed by atoms with Crippen LogP contribution in [0.2, 0.25) is 0 Å². The third kappa shape index (κ3) is 0.812. The molecule has 0 bridgehead atoms. The molecule has 1 rings (SSSR count).